The number of hydrogen-bond acceptors (Lipinski definition) is 8. The summed E-state index contributed by atoms with van der Waals surface area (Å²) in [6.07, 6.45) is -1.42. The molecule has 5 rings (SSSR count). The van der Waals surface area contributed by atoms with E-state index in [4.69, 9.17) is 4.52 Å². The van der Waals surface area contributed by atoms with Crippen molar-refractivity contribution < 1.29 is 32.3 Å². The molecule has 9 nitrogen and oxygen atoms in total. The van der Waals surface area contributed by atoms with Gasteiger partial charge in [-0.3, -0.25) is 4.68 Å². The van der Waals surface area contributed by atoms with E-state index in [9.17, 15) is 27.8 Å². The summed E-state index contributed by atoms with van der Waals surface area (Å²) in [6.45, 7) is -0.322. The van der Waals surface area contributed by atoms with Gasteiger partial charge in [0.1, 0.15) is 23.5 Å². The number of anilines is 1. The molecule has 1 fully saturated rings. The van der Waals surface area contributed by atoms with Crippen molar-refractivity contribution in [2.45, 2.75) is 37.6 Å². The van der Waals surface area contributed by atoms with E-state index in [1.807, 2.05) is 0 Å². The lowest BCUT2D eigenvalue weighted by molar-refractivity contribution is -0.107. The normalized spacial score (nSPS) is 17.6. The topological polar surface area (TPSA) is 113 Å². The van der Waals surface area contributed by atoms with Gasteiger partial charge in [-0.05, 0) is 12.1 Å². The zero-order chi connectivity index (χ0) is 25.4. The number of aliphatic hydroxyl groups is 2. The van der Waals surface area contributed by atoms with Crippen molar-refractivity contribution in [3.63, 3.8) is 0 Å². The van der Waals surface area contributed by atoms with Crippen LogP contribution in [0.25, 0.3) is 22.9 Å². The Morgan fingerprint density at radius 2 is 1.92 bits per heavy atom. The molecular weight excluding hydrogens is 484 g/mol. The van der Waals surface area contributed by atoms with Crippen LogP contribution in [-0.4, -0.2) is 59.9 Å². The molecule has 13 heteroatoms. The third-order valence-corrected chi connectivity index (χ3v) is 5.96. The van der Waals surface area contributed by atoms with Gasteiger partial charge in [-0.2, -0.15) is 5.10 Å². The molecule has 4 heterocycles. The van der Waals surface area contributed by atoms with Gasteiger partial charge in [0.25, 0.3) is 5.92 Å². The minimum absolute atomic E-state index is 0.0307. The average molecular weight is 504 g/mol. The predicted octanol–water partition coefficient (Wildman–Crippen LogP) is 3.24. The van der Waals surface area contributed by atoms with E-state index >= 15 is 0 Å². The van der Waals surface area contributed by atoms with Crippen molar-refractivity contribution in [1.82, 2.24) is 24.9 Å². The van der Waals surface area contributed by atoms with Crippen LogP contribution in [0.15, 0.2) is 53.4 Å². The fourth-order valence-electron chi connectivity index (χ4n) is 4.17. The summed E-state index contributed by atoms with van der Waals surface area (Å²) < 4.78 is 63.2. The molecule has 3 aromatic heterocycles. The van der Waals surface area contributed by atoms with E-state index in [0.29, 0.717) is 17.0 Å². The summed E-state index contributed by atoms with van der Waals surface area (Å²) in [6, 6.07) is 7.82. The minimum Gasteiger partial charge on any atom is -0.366 e. The van der Waals surface area contributed by atoms with Crippen LogP contribution >= 0.6 is 0 Å². The highest BCUT2D eigenvalue weighted by Crippen LogP contribution is 2.36. The van der Waals surface area contributed by atoms with Crippen LogP contribution < -0.4 is 4.90 Å². The Hall–Kier alpha value is -3.84. The Bertz CT molecular complexity index is 1360. The van der Waals surface area contributed by atoms with Crippen molar-refractivity contribution in [3.05, 3.63) is 66.1 Å². The summed E-state index contributed by atoms with van der Waals surface area (Å²) in [5.41, 5.74) is 1.37. The van der Waals surface area contributed by atoms with Crippen molar-refractivity contribution >= 4 is 5.82 Å². The molecular formula is C23H20F4N6O3. The lowest BCUT2D eigenvalue weighted by atomic mass is 9.98. The SMILES string of the molecule is OC(O)C1CC(F)(F)CCN1c1nc(-c2cc(-c3ccon3)n(Cc3ccccc3F)n2)ncc1F. The highest BCUT2D eigenvalue weighted by molar-refractivity contribution is 5.63. The van der Waals surface area contributed by atoms with Crippen molar-refractivity contribution in [1.29, 1.82) is 0 Å². The predicted molar refractivity (Wildman–Crippen MR) is 118 cm³/mol. The second-order valence-corrected chi connectivity index (χ2v) is 8.40. The molecule has 4 aromatic rings. The number of nitrogens with zero attached hydrogens (tertiary/aromatic N) is 6. The van der Waals surface area contributed by atoms with Gasteiger partial charge >= 0.3 is 0 Å². The van der Waals surface area contributed by atoms with E-state index in [2.05, 4.69) is 20.2 Å². The lowest BCUT2D eigenvalue weighted by Gasteiger charge is -2.40. The molecule has 188 valence electrons. The zero-order valence-corrected chi connectivity index (χ0v) is 18.6. The highest BCUT2D eigenvalue weighted by atomic mass is 19.3. The number of aromatic nitrogens is 5. The third-order valence-electron chi connectivity index (χ3n) is 5.96. The number of halogens is 4. The Kier molecular flexibility index (Phi) is 6.18. The van der Waals surface area contributed by atoms with Crippen LogP contribution in [0.3, 0.4) is 0 Å². The maximum Gasteiger partial charge on any atom is 0.252 e. The van der Waals surface area contributed by atoms with E-state index in [1.165, 1.54) is 17.0 Å². The minimum atomic E-state index is -3.13. The molecule has 1 saturated heterocycles. The van der Waals surface area contributed by atoms with Gasteiger partial charge in [0, 0.05) is 31.0 Å². The van der Waals surface area contributed by atoms with Gasteiger partial charge in [0.05, 0.1) is 24.5 Å². The van der Waals surface area contributed by atoms with E-state index in [-0.39, 0.29) is 30.4 Å². The van der Waals surface area contributed by atoms with Crippen LogP contribution in [0.4, 0.5) is 23.4 Å². The first-order valence-electron chi connectivity index (χ1n) is 11.0. The van der Waals surface area contributed by atoms with Gasteiger partial charge in [-0.25, -0.2) is 27.5 Å². The summed E-state index contributed by atoms with van der Waals surface area (Å²) >= 11 is 0. The molecule has 1 aliphatic rings. The first-order chi connectivity index (χ1) is 17.2. The van der Waals surface area contributed by atoms with Crippen LogP contribution in [-0.2, 0) is 6.54 Å². The van der Waals surface area contributed by atoms with Gasteiger partial charge in [-0.15, -0.1) is 0 Å². The molecule has 36 heavy (non-hydrogen) atoms. The van der Waals surface area contributed by atoms with Crippen LogP contribution in [0, 0.1) is 11.6 Å². The monoisotopic (exact) mass is 504 g/mol. The zero-order valence-electron chi connectivity index (χ0n) is 18.6. The summed E-state index contributed by atoms with van der Waals surface area (Å²) in [4.78, 5) is 9.26. The Balaban J connectivity index is 1.54. The van der Waals surface area contributed by atoms with E-state index in [0.717, 1.165) is 11.1 Å². The Morgan fingerprint density at radius 3 is 2.64 bits per heavy atom. The van der Waals surface area contributed by atoms with Crippen LogP contribution in [0.2, 0.25) is 0 Å². The van der Waals surface area contributed by atoms with Crippen molar-refractivity contribution in [2.24, 2.45) is 0 Å². The Morgan fingerprint density at radius 1 is 1.11 bits per heavy atom. The molecule has 1 aromatic carbocycles. The molecule has 0 bridgehead atoms. The third kappa shape index (κ3) is 4.66. The van der Waals surface area contributed by atoms with Crippen LogP contribution in [0.5, 0.6) is 0 Å². The quantitative estimate of drug-likeness (QED) is 0.304. The molecule has 1 unspecified atom stereocenters. The summed E-state index contributed by atoms with van der Waals surface area (Å²) in [5.74, 6) is -4.89. The number of benzene rings is 1. The first-order valence-corrected chi connectivity index (χ1v) is 11.0. The standard InChI is InChI=1S/C23H20F4N6O3/c24-14-4-2-1-3-13(14)12-33-18(16-5-8-36-31-16)9-17(30-33)20-28-11-15(25)21(29-20)32-7-6-23(26,27)10-19(32)22(34)35/h1-5,8-9,11,19,22,34-35H,6-7,10,12H2. The maximum atomic E-state index is 14.7. The number of rotatable bonds is 6. The maximum absolute atomic E-state index is 14.7. The molecule has 0 spiro atoms. The fourth-order valence-corrected chi connectivity index (χ4v) is 4.17. The molecule has 0 aliphatic carbocycles. The molecule has 0 radical (unpaired) electrons. The first kappa shape index (κ1) is 23.9. The van der Waals surface area contributed by atoms with E-state index in [1.54, 1.807) is 30.3 Å². The fraction of sp³-hybridized carbons (Fsp3) is 0.304. The number of alkyl halides is 2. The molecule has 0 saturated carbocycles. The summed E-state index contributed by atoms with van der Waals surface area (Å²) in [7, 11) is 0. The number of aliphatic hydroxyl groups excluding tert-OH is 1. The average Bonchev–Trinajstić information content (AvgIpc) is 3.51. The van der Waals surface area contributed by atoms with Gasteiger partial charge in [-0.1, -0.05) is 23.4 Å². The van der Waals surface area contributed by atoms with Crippen molar-refractivity contribution in [3.8, 4) is 22.9 Å². The molecule has 2 N–H and O–H groups in total. The largest absolute Gasteiger partial charge is 0.366 e. The Labute approximate surface area is 201 Å². The molecule has 0 amide bonds. The number of hydrogen-bond donors (Lipinski definition) is 2. The number of piperidine rings is 1. The van der Waals surface area contributed by atoms with Crippen LogP contribution in [0.1, 0.15) is 18.4 Å². The lowest BCUT2D eigenvalue weighted by Crippen LogP contribution is -2.53. The molecule has 1 aliphatic heterocycles. The van der Waals surface area contributed by atoms with Gasteiger partial charge < -0.3 is 19.6 Å². The highest BCUT2D eigenvalue weighted by Gasteiger charge is 2.44. The van der Waals surface area contributed by atoms with E-state index < -0.39 is 42.7 Å². The van der Waals surface area contributed by atoms with Crippen molar-refractivity contribution in [2.75, 3.05) is 11.4 Å². The van der Waals surface area contributed by atoms with Gasteiger partial charge in [0.15, 0.2) is 23.7 Å². The summed E-state index contributed by atoms with van der Waals surface area (Å²) in [5, 5.41) is 27.7. The smallest absolute Gasteiger partial charge is 0.252 e. The van der Waals surface area contributed by atoms with Gasteiger partial charge in [0.2, 0.25) is 0 Å². The second kappa shape index (κ2) is 9.32. The second-order valence-electron chi connectivity index (χ2n) is 8.40. The molecule has 1 atom stereocenters.